The van der Waals surface area contributed by atoms with Gasteiger partial charge in [0.25, 0.3) is 0 Å². The van der Waals surface area contributed by atoms with Crippen molar-refractivity contribution in [3.05, 3.63) is 18.0 Å². The van der Waals surface area contributed by atoms with Crippen LogP contribution in [0.2, 0.25) is 0 Å². The first-order chi connectivity index (χ1) is 4.43. The fourth-order valence-electron chi connectivity index (χ4n) is 0.378. The van der Waals surface area contributed by atoms with Crippen LogP contribution in [0.3, 0.4) is 0 Å². The molecule has 0 aromatic carbocycles. The van der Waals surface area contributed by atoms with Crippen molar-refractivity contribution < 1.29 is 5.21 Å². The van der Waals surface area contributed by atoms with Gasteiger partial charge in [-0.2, -0.15) is 0 Å². The summed E-state index contributed by atoms with van der Waals surface area (Å²) in [5, 5.41) is 21.0. The van der Waals surface area contributed by atoms with E-state index in [1.54, 1.807) is 6.07 Å². The van der Waals surface area contributed by atoms with Crippen molar-refractivity contribution in [2.75, 3.05) is 0 Å². The van der Waals surface area contributed by atoms with Crippen molar-refractivity contribution in [1.29, 1.82) is 0 Å². The highest BCUT2D eigenvalue weighted by Crippen LogP contribution is 1.80. The molecule has 5 heteroatoms. The number of hydrogen-bond donors (Lipinski definition) is 1. The van der Waals surface area contributed by atoms with Gasteiger partial charge in [0.15, 0.2) is 0 Å². The third-order valence-corrected chi connectivity index (χ3v) is 0.714. The Bertz CT molecular complexity index is 197. The van der Waals surface area contributed by atoms with E-state index >= 15 is 0 Å². The average molecular weight is 124 g/mol. The minimum atomic E-state index is 0.479. The van der Waals surface area contributed by atoms with E-state index in [0.29, 0.717) is 5.69 Å². The van der Waals surface area contributed by atoms with Gasteiger partial charge >= 0.3 is 0 Å². The highest BCUT2D eigenvalue weighted by Gasteiger charge is 1.84. The molecule has 0 saturated heterocycles. The summed E-state index contributed by atoms with van der Waals surface area (Å²) in [4.78, 5) is 0. The van der Waals surface area contributed by atoms with Gasteiger partial charge in [-0.25, -0.2) is 0 Å². The predicted octanol–water partition coefficient (Wildman–Crippen LogP) is -0.320. The monoisotopic (exact) mass is 124 g/mol. The number of hydrogen-bond acceptors (Lipinski definition) is 5. The van der Waals surface area contributed by atoms with Crippen LogP contribution in [0.1, 0.15) is 5.69 Å². The average Bonchev–Trinajstić information content (AvgIpc) is 1.91. The van der Waals surface area contributed by atoms with Crippen LogP contribution < -0.4 is 0 Å². The van der Waals surface area contributed by atoms with E-state index in [-0.39, 0.29) is 0 Å². The maximum absolute atomic E-state index is 8.00. The number of nitrogens with zero attached hydrogens (tertiary/aromatic N) is 4. The predicted molar refractivity (Wildman–Crippen MR) is 29.2 cm³/mol. The minimum Gasteiger partial charge on any atom is -0.411 e. The molecule has 1 N–H and O–H groups in total. The van der Waals surface area contributed by atoms with Gasteiger partial charge in [0.1, 0.15) is 5.69 Å². The second-order valence-electron chi connectivity index (χ2n) is 1.29. The standard InChI is InChI=1S/C4H4N4O/c9-6-3-4-1-2-5-8-7-4/h1-3,9H. The van der Waals surface area contributed by atoms with E-state index in [1.807, 2.05) is 0 Å². The maximum Gasteiger partial charge on any atom is 0.111 e. The molecular weight excluding hydrogens is 120 g/mol. The third-order valence-electron chi connectivity index (χ3n) is 0.714. The van der Waals surface area contributed by atoms with Crippen LogP contribution in [-0.2, 0) is 0 Å². The zero-order valence-electron chi connectivity index (χ0n) is 4.47. The second kappa shape index (κ2) is 2.71. The van der Waals surface area contributed by atoms with Crippen LogP contribution in [0.25, 0.3) is 0 Å². The van der Waals surface area contributed by atoms with Crippen molar-refractivity contribution >= 4 is 6.21 Å². The topological polar surface area (TPSA) is 71.3 Å². The molecule has 0 aliphatic heterocycles. The lowest BCUT2D eigenvalue weighted by Crippen LogP contribution is -1.91. The van der Waals surface area contributed by atoms with Gasteiger partial charge in [-0.3, -0.25) is 0 Å². The molecule has 1 rings (SSSR count). The van der Waals surface area contributed by atoms with Gasteiger partial charge in [0, 0.05) is 0 Å². The molecule has 0 amide bonds. The highest BCUT2D eigenvalue weighted by molar-refractivity contribution is 5.75. The summed E-state index contributed by atoms with van der Waals surface area (Å²) in [6, 6.07) is 1.58. The van der Waals surface area contributed by atoms with Crippen LogP contribution in [0.4, 0.5) is 0 Å². The van der Waals surface area contributed by atoms with E-state index in [2.05, 4.69) is 20.6 Å². The molecule has 0 saturated carbocycles. The summed E-state index contributed by atoms with van der Waals surface area (Å²) in [6.07, 6.45) is 2.64. The third kappa shape index (κ3) is 1.45. The molecule has 5 nitrogen and oxygen atoms in total. The van der Waals surface area contributed by atoms with Crippen LogP contribution >= 0.6 is 0 Å². The SMILES string of the molecule is ON=Cc1ccnnn1. The Kier molecular flexibility index (Phi) is 1.69. The molecule has 9 heavy (non-hydrogen) atoms. The zero-order valence-corrected chi connectivity index (χ0v) is 4.47. The van der Waals surface area contributed by atoms with Crippen LogP contribution in [0.15, 0.2) is 17.4 Å². The van der Waals surface area contributed by atoms with Crippen LogP contribution in [0, 0.1) is 0 Å². The molecule has 0 aliphatic rings. The largest absolute Gasteiger partial charge is 0.411 e. The zero-order chi connectivity index (χ0) is 6.53. The van der Waals surface area contributed by atoms with E-state index in [1.165, 1.54) is 12.4 Å². The molecular formula is C4H4N4O. The van der Waals surface area contributed by atoms with Crippen LogP contribution in [-0.4, -0.2) is 26.8 Å². The Labute approximate surface area is 51.0 Å². The smallest absolute Gasteiger partial charge is 0.111 e. The number of aromatic nitrogens is 3. The number of rotatable bonds is 1. The lowest BCUT2D eigenvalue weighted by molar-refractivity contribution is 0.321. The van der Waals surface area contributed by atoms with Gasteiger partial charge in [0.05, 0.1) is 12.4 Å². The Balaban J connectivity index is 2.85. The van der Waals surface area contributed by atoms with Gasteiger partial charge in [0.2, 0.25) is 0 Å². The first kappa shape index (κ1) is 5.61. The van der Waals surface area contributed by atoms with Gasteiger partial charge < -0.3 is 5.21 Å². The second-order valence-corrected chi connectivity index (χ2v) is 1.29. The summed E-state index contributed by atoms with van der Waals surface area (Å²) in [5.41, 5.74) is 0.479. The van der Waals surface area contributed by atoms with E-state index in [0.717, 1.165) is 0 Å². The highest BCUT2D eigenvalue weighted by atomic mass is 16.4. The van der Waals surface area contributed by atoms with Crippen LogP contribution in [0.5, 0.6) is 0 Å². The molecule has 46 valence electrons. The van der Waals surface area contributed by atoms with Gasteiger partial charge in [-0.05, 0) is 11.3 Å². The van der Waals surface area contributed by atoms with Crippen molar-refractivity contribution in [2.24, 2.45) is 5.16 Å². The van der Waals surface area contributed by atoms with E-state index in [9.17, 15) is 0 Å². The summed E-state index contributed by atoms with van der Waals surface area (Å²) in [5.74, 6) is 0. The number of oxime groups is 1. The first-order valence-corrected chi connectivity index (χ1v) is 2.25. The Morgan fingerprint density at radius 3 is 3.11 bits per heavy atom. The molecule has 0 fully saturated rings. The lowest BCUT2D eigenvalue weighted by Gasteiger charge is -1.82. The molecule has 0 spiro atoms. The minimum absolute atomic E-state index is 0.479. The molecule has 1 aromatic heterocycles. The van der Waals surface area contributed by atoms with E-state index < -0.39 is 0 Å². The first-order valence-electron chi connectivity index (χ1n) is 2.25. The van der Waals surface area contributed by atoms with Crippen molar-refractivity contribution in [1.82, 2.24) is 15.4 Å². The van der Waals surface area contributed by atoms with E-state index in [4.69, 9.17) is 5.21 Å². The Morgan fingerprint density at radius 1 is 1.67 bits per heavy atom. The fraction of sp³-hybridized carbons (Fsp3) is 0. The summed E-state index contributed by atoms with van der Waals surface area (Å²) < 4.78 is 0. The van der Waals surface area contributed by atoms with Gasteiger partial charge in [-0.1, -0.05) is 5.16 Å². The van der Waals surface area contributed by atoms with Crippen molar-refractivity contribution in [2.45, 2.75) is 0 Å². The Hall–Kier alpha value is -1.52. The lowest BCUT2D eigenvalue weighted by atomic mass is 10.5. The molecule has 0 aliphatic carbocycles. The molecule has 0 atom stereocenters. The molecule has 1 aromatic rings. The van der Waals surface area contributed by atoms with Crippen molar-refractivity contribution in [3.8, 4) is 0 Å². The summed E-state index contributed by atoms with van der Waals surface area (Å²) in [7, 11) is 0. The van der Waals surface area contributed by atoms with Gasteiger partial charge in [-0.15, -0.1) is 10.2 Å². The van der Waals surface area contributed by atoms with Crippen molar-refractivity contribution in [3.63, 3.8) is 0 Å². The Morgan fingerprint density at radius 2 is 2.56 bits per heavy atom. The fourth-order valence-corrected chi connectivity index (χ4v) is 0.378. The summed E-state index contributed by atoms with van der Waals surface area (Å²) in [6.45, 7) is 0. The quantitative estimate of drug-likeness (QED) is 0.316. The molecule has 0 unspecified atom stereocenters. The normalized spacial score (nSPS) is 10.2. The maximum atomic E-state index is 8.00. The molecule has 1 heterocycles. The molecule has 0 bridgehead atoms. The molecule has 0 radical (unpaired) electrons. The summed E-state index contributed by atoms with van der Waals surface area (Å²) >= 11 is 0.